The van der Waals surface area contributed by atoms with Crippen molar-refractivity contribution in [3.8, 4) is 34.1 Å². The first-order valence-electron chi connectivity index (χ1n) is 18.1. The molecule has 0 spiro atoms. The molecule has 1 aliphatic heterocycles. The van der Waals surface area contributed by atoms with Crippen LogP contribution < -0.4 is 30.6 Å². The highest BCUT2D eigenvalue weighted by atomic mass is 127. The van der Waals surface area contributed by atoms with E-state index in [-0.39, 0.29) is 24.9 Å². The Bertz CT molecular complexity index is 2080. The number of carbonyl (C=O) groups is 1. The van der Waals surface area contributed by atoms with E-state index >= 15 is 0 Å². The first kappa shape index (κ1) is 41.6. The van der Waals surface area contributed by atoms with Crippen LogP contribution in [-0.2, 0) is 17.3 Å². The third-order valence-electron chi connectivity index (χ3n) is 9.00. The monoisotopic (exact) mass is 899 g/mol. The lowest BCUT2D eigenvalue weighted by molar-refractivity contribution is -0.150. The number of rotatable bonds is 16. The Kier molecular flexibility index (Phi) is 14.2. The first-order valence-corrected chi connectivity index (χ1v) is 19.2. The zero-order chi connectivity index (χ0) is 40.4. The molecule has 6 N–H and O–H groups in total. The highest BCUT2D eigenvalue weighted by molar-refractivity contribution is 14.1. The SMILES string of the molecule is NCCc1ccc(Oc2ccc(OCCCNC(=O)c3ccc(-c4ccc(OC[C@H]5OC[C@H](Nc6cncc(C(F)(F)F)n6)[C@@H](O)[C@H]5O)cc4)cc3)cc2)c(I)c1. The van der Waals surface area contributed by atoms with E-state index in [0.29, 0.717) is 55.1 Å². The van der Waals surface area contributed by atoms with Crippen molar-refractivity contribution in [1.82, 2.24) is 15.3 Å². The minimum atomic E-state index is -4.68. The number of aliphatic hydroxyl groups is 2. The molecule has 300 valence electrons. The molecule has 0 radical (unpaired) electrons. The summed E-state index contributed by atoms with van der Waals surface area (Å²) < 4.78 is 63.3. The molecule has 6 rings (SSSR count). The van der Waals surface area contributed by atoms with Crippen LogP contribution in [0.2, 0.25) is 0 Å². The summed E-state index contributed by atoms with van der Waals surface area (Å²) in [5, 5.41) is 26.8. The van der Waals surface area contributed by atoms with Gasteiger partial charge in [0.1, 0.15) is 53.7 Å². The molecular weight excluding hydrogens is 858 g/mol. The van der Waals surface area contributed by atoms with Gasteiger partial charge in [0, 0.05) is 12.1 Å². The third kappa shape index (κ3) is 11.5. The second kappa shape index (κ2) is 19.4. The van der Waals surface area contributed by atoms with Crippen LogP contribution in [0.25, 0.3) is 11.1 Å². The lowest BCUT2D eigenvalue weighted by Crippen LogP contribution is -2.57. The van der Waals surface area contributed by atoms with Gasteiger partial charge in [0.15, 0.2) is 5.69 Å². The van der Waals surface area contributed by atoms with E-state index in [1.807, 2.05) is 60.7 Å². The summed E-state index contributed by atoms with van der Waals surface area (Å²) in [6.45, 7) is 1.26. The molecule has 1 fully saturated rings. The van der Waals surface area contributed by atoms with Gasteiger partial charge in [0.25, 0.3) is 5.91 Å². The van der Waals surface area contributed by atoms with Crippen LogP contribution in [0.4, 0.5) is 19.0 Å². The van der Waals surface area contributed by atoms with Gasteiger partial charge >= 0.3 is 6.18 Å². The number of nitrogens with zero attached hydrogens (tertiary/aromatic N) is 2. The Balaban J connectivity index is 0.890. The van der Waals surface area contributed by atoms with Crippen molar-refractivity contribution >= 4 is 34.3 Å². The smallest absolute Gasteiger partial charge is 0.434 e. The van der Waals surface area contributed by atoms with Crippen LogP contribution in [0.5, 0.6) is 23.0 Å². The van der Waals surface area contributed by atoms with Gasteiger partial charge in [0.05, 0.1) is 35.2 Å². The van der Waals surface area contributed by atoms with Crippen molar-refractivity contribution in [3.63, 3.8) is 0 Å². The van der Waals surface area contributed by atoms with E-state index in [4.69, 9.17) is 24.7 Å². The largest absolute Gasteiger partial charge is 0.494 e. The molecule has 4 aromatic carbocycles. The highest BCUT2D eigenvalue weighted by Gasteiger charge is 2.39. The number of halogens is 4. The average Bonchev–Trinajstić information content (AvgIpc) is 3.21. The predicted molar refractivity (Wildman–Crippen MR) is 214 cm³/mol. The lowest BCUT2D eigenvalue weighted by Gasteiger charge is -2.37. The number of aromatic nitrogens is 2. The van der Waals surface area contributed by atoms with Crippen molar-refractivity contribution in [2.24, 2.45) is 5.73 Å². The van der Waals surface area contributed by atoms with Crippen LogP contribution in [-0.4, -0.2) is 83.4 Å². The Hall–Kier alpha value is -5.01. The van der Waals surface area contributed by atoms with Crippen LogP contribution >= 0.6 is 22.6 Å². The second-order valence-corrected chi connectivity index (χ2v) is 14.3. The van der Waals surface area contributed by atoms with E-state index in [9.17, 15) is 28.2 Å². The number of hydrogen-bond acceptors (Lipinski definition) is 11. The van der Waals surface area contributed by atoms with Crippen molar-refractivity contribution in [1.29, 1.82) is 0 Å². The molecule has 0 saturated carbocycles. The van der Waals surface area contributed by atoms with Gasteiger partial charge in [-0.25, -0.2) is 4.98 Å². The maximum absolute atomic E-state index is 13.0. The highest BCUT2D eigenvalue weighted by Crippen LogP contribution is 2.30. The number of ether oxygens (including phenoxy) is 4. The molecule has 0 aliphatic carbocycles. The summed E-state index contributed by atoms with van der Waals surface area (Å²) in [5.74, 6) is 2.27. The number of benzene rings is 4. The normalized spacial score (nSPS) is 18.1. The van der Waals surface area contributed by atoms with Crippen LogP contribution in [0.1, 0.15) is 28.0 Å². The molecule has 1 saturated heterocycles. The molecule has 1 aliphatic rings. The number of nitrogens with one attached hydrogen (secondary N) is 2. The molecule has 0 unspecified atom stereocenters. The van der Waals surface area contributed by atoms with E-state index in [2.05, 4.69) is 49.3 Å². The molecule has 1 amide bonds. The number of aliphatic hydroxyl groups excluding tert-OH is 2. The number of nitrogens with two attached hydrogens (primary N) is 1. The Morgan fingerprint density at radius 3 is 2.25 bits per heavy atom. The number of amides is 1. The van der Waals surface area contributed by atoms with Crippen LogP contribution in [0.15, 0.2) is 103 Å². The van der Waals surface area contributed by atoms with Crippen molar-refractivity contribution < 1.29 is 47.1 Å². The lowest BCUT2D eigenvalue weighted by atomic mass is 9.98. The average molecular weight is 900 g/mol. The maximum Gasteiger partial charge on any atom is 0.434 e. The Morgan fingerprint density at radius 2 is 1.56 bits per heavy atom. The fourth-order valence-corrected chi connectivity index (χ4v) is 6.59. The fraction of sp³-hybridized carbons (Fsp3) is 0.293. The first-order chi connectivity index (χ1) is 27.5. The summed E-state index contributed by atoms with van der Waals surface area (Å²) in [6.07, 6.45) is -5.21. The van der Waals surface area contributed by atoms with Crippen molar-refractivity contribution in [2.75, 3.05) is 38.2 Å². The number of anilines is 1. The standard InChI is InChI=1S/C41H41F3IN5O7/c42-41(43,44)36-21-47-22-37(50-36)49-33-23-56-35(39(52)38(33)51)24-55-30-9-7-27(8-10-30)26-3-5-28(6-4-26)40(53)48-18-1-19-54-29-11-13-31(14-12-29)57-34-15-2-25(16-17-46)20-32(34)45/h2-15,20-22,33,35,38-39,51-52H,1,16-19,23-24,46H2,(H,48,53)(H,49,50)/t33-,35+,38+,39-/m0/s1. The Labute approximate surface area is 340 Å². The van der Waals surface area contributed by atoms with Crippen molar-refractivity contribution in [2.45, 2.75) is 43.4 Å². The third-order valence-corrected chi connectivity index (χ3v) is 9.84. The predicted octanol–water partition coefficient (Wildman–Crippen LogP) is 6.24. The molecule has 2 heterocycles. The summed E-state index contributed by atoms with van der Waals surface area (Å²) in [4.78, 5) is 19.8. The molecule has 1 aromatic heterocycles. The molecule has 57 heavy (non-hydrogen) atoms. The molecule has 4 atom stereocenters. The quantitative estimate of drug-likeness (QED) is 0.0562. The number of hydrogen-bond donors (Lipinski definition) is 5. The van der Waals surface area contributed by atoms with Gasteiger partial charge in [-0.15, -0.1) is 0 Å². The summed E-state index contributed by atoms with van der Waals surface area (Å²) in [5.41, 5.74) is 7.92. The van der Waals surface area contributed by atoms with E-state index in [1.54, 1.807) is 24.3 Å². The molecule has 5 aromatic rings. The topological polar surface area (TPSA) is 170 Å². The van der Waals surface area contributed by atoms with E-state index in [1.165, 1.54) is 5.56 Å². The second-order valence-electron chi connectivity index (χ2n) is 13.1. The van der Waals surface area contributed by atoms with Gasteiger partial charge < -0.3 is 45.5 Å². The van der Waals surface area contributed by atoms with Crippen molar-refractivity contribution in [3.05, 3.63) is 124 Å². The van der Waals surface area contributed by atoms with Gasteiger partial charge in [-0.05, 0) is 119 Å². The number of alkyl halides is 3. The molecule has 12 nitrogen and oxygen atoms in total. The molecule has 16 heteroatoms. The minimum Gasteiger partial charge on any atom is -0.494 e. The zero-order valence-electron chi connectivity index (χ0n) is 30.5. The maximum atomic E-state index is 13.0. The summed E-state index contributed by atoms with van der Waals surface area (Å²) >= 11 is 2.25. The van der Waals surface area contributed by atoms with E-state index < -0.39 is 36.2 Å². The van der Waals surface area contributed by atoms with Gasteiger partial charge in [-0.1, -0.05) is 30.3 Å². The molecule has 0 bridgehead atoms. The number of carbonyl (C=O) groups excluding carboxylic acids is 1. The fourth-order valence-electron chi connectivity index (χ4n) is 5.90. The minimum absolute atomic E-state index is 0.0851. The van der Waals surface area contributed by atoms with Gasteiger partial charge in [-0.3, -0.25) is 9.78 Å². The summed E-state index contributed by atoms with van der Waals surface area (Å²) in [7, 11) is 0. The summed E-state index contributed by atoms with van der Waals surface area (Å²) in [6, 6.07) is 26.9. The van der Waals surface area contributed by atoms with Crippen LogP contribution in [0.3, 0.4) is 0 Å². The van der Waals surface area contributed by atoms with Crippen LogP contribution in [0, 0.1) is 3.57 Å². The van der Waals surface area contributed by atoms with Gasteiger partial charge in [-0.2, -0.15) is 13.2 Å². The van der Waals surface area contributed by atoms with Gasteiger partial charge in [0.2, 0.25) is 0 Å². The zero-order valence-corrected chi connectivity index (χ0v) is 32.7. The Morgan fingerprint density at radius 1 is 0.895 bits per heavy atom. The van der Waals surface area contributed by atoms with E-state index in [0.717, 1.165) is 33.1 Å². The molecular formula is C41H41F3IN5O7.